The molecule has 0 saturated heterocycles. The number of nitrogens with zero attached hydrogens (tertiary/aromatic N) is 1. The first-order valence-electron chi connectivity index (χ1n) is 9.05. The van der Waals surface area contributed by atoms with Gasteiger partial charge in [0.1, 0.15) is 23.4 Å². The van der Waals surface area contributed by atoms with Gasteiger partial charge in [-0.15, -0.1) is 0 Å². The van der Waals surface area contributed by atoms with Crippen molar-refractivity contribution in [3.8, 4) is 17.2 Å². The first-order valence-corrected chi connectivity index (χ1v) is 10.2. The van der Waals surface area contributed by atoms with Crippen molar-refractivity contribution in [3.63, 3.8) is 0 Å². The fraction of sp³-hybridized carbons (Fsp3) is 0.200. The van der Waals surface area contributed by atoms with Gasteiger partial charge in [-0.05, 0) is 37.3 Å². The second-order valence-electron chi connectivity index (χ2n) is 6.44. The molecule has 3 rings (SSSR count). The number of hydrogen-bond acceptors (Lipinski definition) is 6. The van der Waals surface area contributed by atoms with Crippen LogP contribution in [0.25, 0.3) is 0 Å². The Hall–Kier alpha value is -3.28. The SMILES string of the molecule is COCC(C)Oc1cc(Oc2ccc(S(=O)O)cc2F)cc(C(=O)Nc2ccn[nH]2)c1. The van der Waals surface area contributed by atoms with E-state index in [4.69, 9.17) is 18.8 Å². The van der Waals surface area contributed by atoms with Crippen LogP contribution in [0, 0.1) is 5.82 Å². The molecule has 0 fully saturated rings. The van der Waals surface area contributed by atoms with Crippen molar-refractivity contribution < 1.29 is 32.2 Å². The van der Waals surface area contributed by atoms with Crippen LogP contribution in [0.2, 0.25) is 0 Å². The van der Waals surface area contributed by atoms with Gasteiger partial charge in [0.2, 0.25) is 0 Å². The van der Waals surface area contributed by atoms with Crippen LogP contribution >= 0.6 is 0 Å². The summed E-state index contributed by atoms with van der Waals surface area (Å²) in [5.74, 6) is -0.645. The summed E-state index contributed by atoms with van der Waals surface area (Å²) >= 11 is -2.32. The molecule has 0 aliphatic carbocycles. The molecule has 2 unspecified atom stereocenters. The summed E-state index contributed by atoms with van der Waals surface area (Å²) in [6, 6.07) is 9.40. The van der Waals surface area contributed by atoms with E-state index in [-0.39, 0.29) is 28.1 Å². The van der Waals surface area contributed by atoms with Crippen molar-refractivity contribution in [1.82, 2.24) is 10.2 Å². The Kier molecular flexibility index (Phi) is 7.34. The van der Waals surface area contributed by atoms with Gasteiger partial charge in [-0.25, -0.2) is 8.60 Å². The van der Waals surface area contributed by atoms with Crippen LogP contribution in [0.15, 0.2) is 53.6 Å². The summed E-state index contributed by atoms with van der Waals surface area (Å²) in [7, 11) is 1.54. The van der Waals surface area contributed by atoms with Crippen molar-refractivity contribution >= 4 is 22.8 Å². The zero-order valence-corrected chi connectivity index (χ0v) is 17.4. The first kappa shape index (κ1) is 22.4. The number of halogens is 1. The number of benzene rings is 2. The summed E-state index contributed by atoms with van der Waals surface area (Å²) < 4.78 is 50.9. The second kappa shape index (κ2) is 10.2. The predicted molar refractivity (Wildman–Crippen MR) is 110 cm³/mol. The molecule has 2 atom stereocenters. The molecule has 164 valence electrons. The molecule has 0 aliphatic rings. The molecule has 1 heterocycles. The first-order chi connectivity index (χ1) is 14.9. The molecular formula is C20H20FN3O6S. The molecule has 11 heteroatoms. The fourth-order valence-electron chi connectivity index (χ4n) is 2.65. The molecule has 0 radical (unpaired) electrons. The van der Waals surface area contributed by atoms with E-state index in [0.717, 1.165) is 6.07 Å². The van der Waals surface area contributed by atoms with Crippen molar-refractivity contribution in [3.05, 3.63) is 60.0 Å². The van der Waals surface area contributed by atoms with E-state index in [2.05, 4.69) is 15.5 Å². The van der Waals surface area contributed by atoms with Gasteiger partial charge in [0.15, 0.2) is 22.6 Å². The lowest BCUT2D eigenvalue weighted by Gasteiger charge is -2.16. The molecule has 1 amide bonds. The maximum Gasteiger partial charge on any atom is 0.257 e. The average Bonchev–Trinajstić information content (AvgIpc) is 3.22. The summed E-state index contributed by atoms with van der Waals surface area (Å²) in [6.07, 6.45) is 1.17. The van der Waals surface area contributed by atoms with Crippen LogP contribution in [-0.4, -0.2) is 44.7 Å². The number of carbonyl (C=O) groups is 1. The average molecular weight is 449 g/mol. The number of amides is 1. The number of nitrogens with one attached hydrogen (secondary N) is 2. The van der Waals surface area contributed by atoms with Crippen molar-refractivity contribution in [2.75, 3.05) is 19.0 Å². The molecule has 0 bridgehead atoms. The molecule has 3 aromatic rings. The van der Waals surface area contributed by atoms with Crippen molar-refractivity contribution in [2.45, 2.75) is 17.9 Å². The molecule has 0 spiro atoms. The maximum absolute atomic E-state index is 14.3. The highest BCUT2D eigenvalue weighted by Crippen LogP contribution is 2.30. The van der Waals surface area contributed by atoms with E-state index >= 15 is 0 Å². The van der Waals surface area contributed by atoms with Crippen LogP contribution in [0.4, 0.5) is 10.2 Å². The number of aromatic amines is 1. The summed E-state index contributed by atoms with van der Waals surface area (Å²) in [4.78, 5) is 12.5. The number of rotatable bonds is 9. The fourth-order valence-corrected chi connectivity index (χ4v) is 3.04. The monoisotopic (exact) mass is 449 g/mol. The highest BCUT2D eigenvalue weighted by Gasteiger charge is 2.15. The van der Waals surface area contributed by atoms with Gasteiger partial charge in [0.05, 0.1) is 17.7 Å². The van der Waals surface area contributed by atoms with E-state index in [1.165, 1.54) is 43.6 Å². The lowest BCUT2D eigenvalue weighted by Crippen LogP contribution is -2.18. The van der Waals surface area contributed by atoms with E-state index < -0.39 is 22.8 Å². The summed E-state index contributed by atoms with van der Waals surface area (Å²) in [5.41, 5.74) is 0.195. The van der Waals surface area contributed by atoms with E-state index in [9.17, 15) is 13.4 Å². The lowest BCUT2D eigenvalue weighted by atomic mass is 10.2. The van der Waals surface area contributed by atoms with Gasteiger partial charge in [-0.2, -0.15) is 5.10 Å². The number of anilines is 1. The number of ether oxygens (including phenoxy) is 3. The summed E-state index contributed by atoms with van der Waals surface area (Å²) in [6.45, 7) is 2.10. The molecule has 2 aromatic carbocycles. The number of H-pyrrole nitrogens is 1. The normalized spacial score (nSPS) is 12.8. The molecule has 1 aromatic heterocycles. The van der Waals surface area contributed by atoms with Crippen LogP contribution in [-0.2, 0) is 15.8 Å². The molecule has 0 aliphatic heterocycles. The zero-order chi connectivity index (χ0) is 22.4. The smallest absolute Gasteiger partial charge is 0.257 e. The molecule has 31 heavy (non-hydrogen) atoms. The number of methoxy groups -OCH3 is 1. The van der Waals surface area contributed by atoms with Gasteiger partial charge in [-0.1, -0.05) is 0 Å². The number of carbonyl (C=O) groups excluding carboxylic acids is 1. The number of aromatic nitrogens is 2. The van der Waals surface area contributed by atoms with Crippen molar-refractivity contribution in [2.24, 2.45) is 0 Å². The van der Waals surface area contributed by atoms with E-state index in [1.54, 1.807) is 13.0 Å². The topological polar surface area (TPSA) is 123 Å². The number of hydrogen-bond donors (Lipinski definition) is 3. The van der Waals surface area contributed by atoms with Gasteiger partial charge in [0.25, 0.3) is 5.91 Å². The molecule has 9 nitrogen and oxygen atoms in total. The molecule has 0 saturated carbocycles. The van der Waals surface area contributed by atoms with Crippen LogP contribution in [0.5, 0.6) is 17.2 Å². The Balaban J connectivity index is 1.90. The standard InChI is InChI=1S/C20H20FN3O6S/c1-12(11-28-2)29-14-7-13(20(25)23-19-5-6-22-24-19)8-15(9-14)30-18-4-3-16(31(26)27)10-17(18)21/h3-10,12H,11H2,1-2H3,(H,26,27)(H2,22,23,24,25). The highest BCUT2D eigenvalue weighted by molar-refractivity contribution is 7.79. The van der Waals surface area contributed by atoms with Gasteiger partial charge >= 0.3 is 0 Å². The highest BCUT2D eigenvalue weighted by atomic mass is 32.2. The third-order valence-electron chi connectivity index (χ3n) is 3.96. The maximum atomic E-state index is 14.3. The van der Waals surface area contributed by atoms with Crippen molar-refractivity contribution in [1.29, 1.82) is 0 Å². The summed E-state index contributed by atoms with van der Waals surface area (Å²) in [5, 5.41) is 9.02. The van der Waals surface area contributed by atoms with Crippen LogP contribution in [0.1, 0.15) is 17.3 Å². The Labute approximate surface area is 179 Å². The third-order valence-corrected chi connectivity index (χ3v) is 4.62. The Morgan fingerprint density at radius 2 is 2.03 bits per heavy atom. The quantitative estimate of drug-likeness (QED) is 0.427. The van der Waals surface area contributed by atoms with Gasteiger partial charge < -0.3 is 24.1 Å². The largest absolute Gasteiger partial charge is 0.488 e. The minimum absolute atomic E-state index is 0.102. The zero-order valence-electron chi connectivity index (χ0n) is 16.6. The van der Waals surface area contributed by atoms with Gasteiger partial charge in [0, 0.05) is 24.8 Å². The second-order valence-corrected chi connectivity index (χ2v) is 7.41. The molecular weight excluding hydrogens is 429 g/mol. The minimum atomic E-state index is -2.32. The minimum Gasteiger partial charge on any atom is -0.488 e. The van der Waals surface area contributed by atoms with Crippen LogP contribution < -0.4 is 14.8 Å². The Morgan fingerprint density at radius 3 is 2.68 bits per heavy atom. The Bertz CT molecular complexity index is 1080. The molecule has 3 N–H and O–H groups in total. The van der Waals surface area contributed by atoms with E-state index in [0.29, 0.717) is 18.2 Å². The Morgan fingerprint density at radius 1 is 1.26 bits per heavy atom. The van der Waals surface area contributed by atoms with Gasteiger partial charge in [-0.3, -0.25) is 9.89 Å². The lowest BCUT2D eigenvalue weighted by molar-refractivity contribution is 0.0915. The van der Waals surface area contributed by atoms with E-state index in [1.807, 2.05) is 0 Å². The third kappa shape index (κ3) is 6.10. The van der Waals surface area contributed by atoms with Crippen LogP contribution in [0.3, 0.4) is 0 Å². The predicted octanol–water partition coefficient (Wildman–Crippen LogP) is 3.59.